The Morgan fingerprint density at radius 3 is 2.58 bits per heavy atom. The molecule has 0 radical (unpaired) electrons. The van der Waals surface area contributed by atoms with Gasteiger partial charge in [-0.3, -0.25) is 0 Å². The molecule has 0 aromatic heterocycles. The smallest absolute Gasteiger partial charge is 0.127 e. The summed E-state index contributed by atoms with van der Waals surface area (Å²) >= 11 is 0.209. The molecular formula is C10H13ISi. The van der Waals surface area contributed by atoms with Crippen LogP contribution in [0.4, 0.5) is 0 Å². The Kier molecular flexibility index (Phi) is 3.48. The van der Waals surface area contributed by atoms with Gasteiger partial charge in [-0.25, -0.2) is 0 Å². The van der Waals surface area contributed by atoms with Gasteiger partial charge in [-0.2, -0.15) is 0 Å². The van der Waals surface area contributed by atoms with Crippen LogP contribution >= 0.6 is 20.7 Å². The Labute approximate surface area is 85.5 Å². The van der Waals surface area contributed by atoms with Gasteiger partial charge in [0.2, 0.25) is 0 Å². The maximum atomic E-state index is 3.35. The molecule has 0 nitrogen and oxygen atoms in total. The molecule has 1 aliphatic rings. The fraction of sp³-hybridized carbons (Fsp3) is 0.300. The van der Waals surface area contributed by atoms with Crippen LogP contribution in [0.25, 0.3) is 0 Å². The molecule has 1 heterocycles. The van der Waals surface area contributed by atoms with Crippen LogP contribution in [0.5, 0.6) is 0 Å². The molecule has 0 aromatic carbocycles. The molecule has 0 N–H and O–H groups in total. The molecule has 64 valence electrons. The third-order valence-corrected chi connectivity index (χ3v) is 3.64. The minimum absolute atomic E-state index is 0.209. The van der Waals surface area contributed by atoms with Crippen LogP contribution in [0.1, 0.15) is 0 Å². The van der Waals surface area contributed by atoms with E-state index < -0.39 is 8.07 Å². The zero-order valence-electron chi connectivity index (χ0n) is 7.69. The van der Waals surface area contributed by atoms with Gasteiger partial charge in [0.05, 0.1) is 0 Å². The molecule has 0 saturated heterocycles. The monoisotopic (exact) mass is 288 g/mol. The van der Waals surface area contributed by atoms with Crippen molar-refractivity contribution in [3.8, 4) is 11.5 Å². The highest BCUT2D eigenvalue weighted by atomic mass is 127. The van der Waals surface area contributed by atoms with Crippen LogP contribution in [0.2, 0.25) is 19.6 Å². The molecule has 2 heteroatoms. The molecule has 0 atom stereocenters. The number of rotatable bonds is 0. The molecule has 0 amide bonds. The van der Waals surface area contributed by atoms with Gasteiger partial charge in [0, 0.05) is 5.57 Å². The van der Waals surface area contributed by atoms with Gasteiger partial charge in [-0.05, 0) is 20.2 Å². The summed E-state index contributed by atoms with van der Waals surface area (Å²) in [6, 6.07) is 0. The van der Waals surface area contributed by atoms with Gasteiger partial charge in [0.1, 0.15) is 8.07 Å². The fourth-order valence-corrected chi connectivity index (χ4v) is 2.60. The number of hydrogen-bond acceptors (Lipinski definition) is 0. The van der Waals surface area contributed by atoms with Gasteiger partial charge in [0.25, 0.3) is 0 Å². The van der Waals surface area contributed by atoms with Crippen LogP contribution < -0.4 is 0 Å². The summed E-state index contributed by atoms with van der Waals surface area (Å²) in [5.41, 5.74) is 4.54. The number of halogens is 1. The lowest BCUT2D eigenvalue weighted by Gasteiger charge is -2.03. The Hall–Kier alpha value is -0.143. The van der Waals surface area contributed by atoms with Crippen LogP contribution in [-0.4, -0.2) is 12.1 Å². The highest BCUT2D eigenvalue weighted by Crippen LogP contribution is 2.09. The minimum atomic E-state index is -1.18. The van der Waals surface area contributed by atoms with Gasteiger partial charge in [0.15, 0.2) is 0 Å². The van der Waals surface area contributed by atoms with Crippen molar-refractivity contribution >= 4 is 32.8 Å². The first kappa shape index (κ1) is 9.94. The van der Waals surface area contributed by atoms with E-state index in [1.807, 2.05) is 0 Å². The van der Waals surface area contributed by atoms with Crippen molar-refractivity contribution in [1.82, 2.24) is 0 Å². The second kappa shape index (κ2) is 4.20. The predicted octanol–water partition coefficient (Wildman–Crippen LogP) is 3.09. The van der Waals surface area contributed by atoms with Crippen molar-refractivity contribution in [3.63, 3.8) is 0 Å². The summed E-state index contributed by atoms with van der Waals surface area (Å²) < 4.78 is 4.51. The maximum absolute atomic E-state index is 3.35. The highest BCUT2D eigenvalue weighted by Gasteiger charge is 2.07. The Morgan fingerprint density at radius 2 is 2.08 bits per heavy atom. The van der Waals surface area contributed by atoms with Crippen molar-refractivity contribution in [2.45, 2.75) is 19.6 Å². The third-order valence-electron chi connectivity index (χ3n) is 1.21. The molecule has 0 saturated carbocycles. The second-order valence-electron chi connectivity index (χ2n) is 3.67. The van der Waals surface area contributed by atoms with Crippen molar-refractivity contribution in [2.75, 3.05) is 0 Å². The largest absolute Gasteiger partial charge is 0.129 e. The van der Waals surface area contributed by atoms with Crippen LogP contribution in [0.15, 0.2) is 21.8 Å². The fourth-order valence-electron chi connectivity index (χ4n) is 0.649. The number of allylic oxidation sites excluding steroid dienone is 3. The zero-order valence-corrected chi connectivity index (χ0v) is 10.8. The summed E-state index contributed by atoms with van der Waals surface area (Å²) in [6.45, 7) is 6.80. The minimum Gasteiger partial charge on any atom is -0.127 e. The summed E-state index contributed by atoms with van der Waals surface area (Å²) in [6.07, 6.45) is 4.31. The quantitative estimate of drug-likeness (QED) is 0.365. The van der Waals surface area contributed by atoms with Crippen LogP contribution in [0.3, 0.4) is 0 Å². The van der Waals surface area contributed by atoms with Gasteiger partial charge in [-0.1, -0.05) is 46.3 Å². The molecule has 0 spiro atoms. The molecule has 12 heavy (non-hydrogen) atoms. The molecular weight excluding hydrogens is 275 g/mol. The van der Waals surface area contributed by atoms with Crippen LogP contribution in [0, 0.1) is 11.5 Å². The van der Waals surface area contributed by atoms with E-state index in [-0.39, 0.29) is 20.7 Å². The molecule has 1 aliphatic heterocycles. The summed E-state index contributed by atoms with van der Waals surface area (Å²) in [7, 11) is -1.18. The van der Waals surface area contributed by atoms with E-state index in [2.05, 4.69) is 51.4 Å². The van der Waals surface area contributed by atoms with Crippen molar-refractivity contribution < 1.29 is 0 Å². The van der Waals surface area contributed by atoms with Crippen molar-refractivity contribution in [1.29, 1.82) is 0 Å². The van der Waals surface area contributed by atoms with Gasteiger partial charge < -0.3 is 0 Å². The topological polar surface area (TPSA) is 0 Å². The first-order valence-corrected chi connectivity index (χ1v) is 9.92. The third kappa shape index (κ3) is 4.03. The van der Waals surface area contributed by atoms with Crippen molar-refractivity contribution in [3.05, 3.63) is 21.8 Å². The lowest BCUT2D eigenvalue weighted by molar-refractivity contribution is 1.79. The molecule has 1 rings (SSSR count). The normalized spacial score (nSPS) is 15.8. The van der Waals surface area contributed by atoms with Crippen LogP contribution in [-0.2, 0) is 0 Å². The Morgan fingerprint density at radius 1 is 1.33 bits per heavy atom. The summed E-state index contributed by atoms with van der Waals surface area (Å²) in [5, 5.41) is 0. The van der Waals surface area contributed by atoms with E-state index in [4.69, 9.17) is 0 Å². The lowest BCUT2D eigenvalue weighted by Crippen LogP contribution is -2.16. The SMILES string of the molecule is C[Si](C)(C)C#CC1=CC=IC=C1. The van der Waals surface area contributed by atoms with Gasteiger partial charge in [-0.15, -0.1) is 5.54 Å². The van der Waals surface area contributed by atoms with E-state index in [0.29, 0.717) is 0 Å². The first-order valence-electron chi connectivity index (χ1n) is 3.93. The van der Waals surface area contributed by atoms with E-state index in [0.717, 1.165) is 0 Å². The Balaban J connectivity index is 2.73. The Bertz CT molecular complexity index is 305. The zero-order chi connectivity index (χ0) is 9.03. The molecule has 0 fully saturated rings. The predicted molar refractivity (Wildman–Crippen MR) is 68.4 cm³/mol. The first-order chi connectivity index (χ1) is 5.58. The van der Waals surface area contributed by atoms with E-state index in [1.54, 1.807) is 0 Å². The van der Waals surface area contributed by atoms with E-state index in [9.17, 15) is 0 Å². The highest BCUT2D eigenvalue weighted by molar-refractivity contribution is 14.2. The standard InChI is InChI=1S/C10H13ISi/c1-12(2,3)9-6-10-4-7-11-8-5-10/h4-5,7-8H,1-3H3. The van der Waals surface area contributed by atoms with E-state index >= 15 is 0 Å². The number of hydrogen-bond donors (Lipinski definition) is 0. The second-order valence-corrected chi connectivity index (χ2v) is 10.6. The van der Waals surface area contributed by atoms with Crippen molar-refractivity contribution in [2.24, 2.45) is 0 Å². The average Bonchev–Trinajstić information content (AvgIpc) is 2.02. The lowest BCUT2D eigenvalue weighted by atomic mass is 10.3. The summed E-state index contributed by atoms with van der Waals surface area (Å²) in [5.74, 6) is 3.23. The van der Waals surface area contributed by atoms with Gasteiger partial charge >= 0.3 is 0 Å². The molecule has 0 aliphatic carbocycles. The molecule has 0 unspecified atom stereocenters. The molecule has 0 aromatic rings. The van der Waals surface area contributed by atoms with E-state index in [1.165, 1.54) is 5.57 Å². The molecule has 0 bridgehead atoms. The maximum Gasteiger partial charge on any atom is 0.129 e. The summed E-state index contributed by atoms with van der Waals surface area (Å²) in [4.78, 5) is 0. The average molecular weight is 288 g/mol.